The van der Waals surface area contributed by atoms with Crippen LogP contribution < -0.4 is 10.6 Å². The fraction of sp³-hybridized carbons (Fsp3) is 0.545. The van der Waals surface area contributed by atoms with Gasteiger partial charge in [-0.2, -0.15) is 4.98 Å². The lowest BCUT2D eigenvalue weighted by Gasteiger charge is -2.15. The standard InChI is InChI=1S/C11H18N6O3/c1-4-12-11-14-6-8(17(19)20)10(15-11)13-7-9(18)16(3)5-2/h6H,4-5,7H2,1-3H3,(H2,12,13,14,15). The number of nitro groups is 1. The minimum Gasteiger partial charge on any atom is -0.355 e. The van der Waals surface area contributed by atoms with Crippen molar-refractivity contribution in [1.29, 1.82) is 0 Å². The number of hydrogen-bond acceptors (Lipinski definition) is 7. The molecule has 9 nitrogen and oxygen atoms in total. The molecule has 0 aromatic carbocycles. The van der Waals surface area contributed by atoms with Crippen LogP contribution in [0.2, 0.25) is 0 Å². The van der Waals surface area contributed by atoms with Crippen molar-refractivity contribution in [2.24, 2.45) is 0 Å². The molecule has 0 atom stereocenters. The SMILES string of the molecule is CCNc1ncc([N+](=O)[O-])c(NCC(=O)N(C)CC)n1. The molecule has 0 spiro atoms. The van der Waals surface area contributed by atoms with Crippen LogP contribution in [0, 0.1) is 10.1 Å². The van der Waals surface area contributed by atoms with E-state index < -0.39 is 4.92 Å². The largest absolute Gasteiger partial charge is 0.355 e. The summed E-state index contributed by atoms with van der Waals surface area (Å²) in [5, 5.41) is 16.4. The predicted molar refractivity (Wildman–Crippen MR) is 74.7 cm³/mol. The molecule has 0 unspecified atom stereocenters. The first-order valence-corrected chi connectivity index (χ1v) is 6.22. The minimum absolute atomic E-state index is 0.0267. The lowest BCUT2D eigenvalue weighted by atomic mass is 10.4. The van der Waals surface area contributed by atoms with Gasteiger partial charge in [-0.05, 0) is 13.8 Å². The van der Waals surface area contributed by atoms with E-state index in [1.807, 2.05) is 13.8 Å². The van der Waals surface area contributed by atoms with Crippen LogP contribution >= 0.6 is 0 Å². The van der Waals surface area contributed by atoms with Crippen molar-refractivity contribution in [2.75, 3.05) is 37.3 Å². The summed E-state index contributed by atoms with van der Waals surface area (Å²) in [6, 6.07) is 0. The molecule has 110 valence electrons. The van der Waals surface area contributed by atoms with E-state index in [2.05, 4.69) is 20.6 Å². The Hall–Kier alpha value is -2.45. The molecular weight excluding hydrogens is 264 g/mol. The molecule has 1 rings (SSSR count). The van der Waals surface area contributed by atoms with Crippen molar-refractivity contribution in [3.63, 3.8) is 0 Å². The van der Waals surface area contributed by atoms with E-state index in [1.165, 1.54) is 4.90 Å². The van der Waals surface area contributed by atoms with Gasteiger partial charge in [-0.3, -0.25) is 14.9 Å². The van der Waals surface area contributed by atoms with E-state index in [0.717, 1.165) is 6.20 Å². The Kier molecular flexibility index (Phi) is 5.63. The number of likely N-dealkylation sites (N-methyl/N-ethyl adjacent to an activating group) is 1. The molecule has 9 heteroatoms. The first-order valence-electron chi connectivity index (χ1n) is 6.22. The van der Waals surface area contributed by atoms with Crippen molar-refractivity contribution >= 4 is 23.4 Å². The van der Waals surface area contributed by atoms with Crippen molar-refractivity contribution in [2.45, 2.75) is 13.8 Å². The van der Waals surface area contributed by atoms with E-state index in [0.29, 0.717) is 13.1 Å². The monoisotopic (exact) mass is 282 g/mol. The Bertz CT molecular complexity index is 493. The third-order valence-electron chi connectivity index (χ3n) is 2.61. The number of nitrogens with one attached hydrogen (secondary N) is 2. The fourth-order valence-electron chi connectivity index (χ4n) is 1.35. The first kappa shape index (κ1) is 15.6. The van der Waals surface area contributed by atoms with Gasteiger partial charge in [0.2, 0.25) is 17.7 Å². The maximum Gasteiger partial charge on any atom is 0.329 e. The summed E-state index contributed by atoms with van der Waals surface area (Å²) in [5.41, 5.74) is -0.265. The Morgan fingerprint density at radius 3 is 2.70 bits per heavy atom. The molecule has 0 fully saturated rings. The van der Waals surface area contributed by atoms with Gasteiger partial charge < -0.3 is 15.5 Å². The third kappa shape index (κ3) is 4.04. The maximum atomic E-state index is 11.7. The number of hydrogen-bond donors (Lipinski definition) is 2. The lowest BCUT2D eigenvalue weighted by molar-refractivity contribution is -0.384. The molecule has 1 heterocycles. The van der Waals surface area contributed by atoms with Crippen molar-refractivity contribution in [1.82, 2.24) is 14.9 Å². The minimum atomic E-state index is -0.591. The molecule has 0 saturated carbocycles. The molecule has 0 bridgehead atoms. The zero-order valence-corrected chi connectivity index (χ0v) is 11.7. The van der Waals surface area contributed by atoms with E-state index in [9.17, 15) is 14.9 Å². The highest BCUT2D eigenvalue weighted by Crippen LogP contribution is 2.21. The highest BCUT2D eigenvalue weighted by atomic mass is 16.6. The average molecular weight is 282 g/mol. The molecule has 0 aliphatic heterocycles. The van der Waals surface area contributed by atoms with Crippen LogP contribution in [0.3, 0.4) is 0 Å². The van der Waals surface area contributed by atoms with Crippen LogP contribution in [-0.4, -0.2) is 52.4 Å². The highest BCUT2D eigenvalue weighted by molar-refractivity contribution is 5.81. The second-order valence-electron chi connectivity index (χ2n) is 3.98. The number of nitrogens with zero attached hydrogens (tertiary/aromatic N) is 4. The highest BCUT2D eigenvalue weighted by Gasteiger charge is 2.18. The summed E-state index contributed by atoms with van der Waals surface area (Å²) in [7, 11) is 1.66. The number of carbonyl (C=O) groups is 1. The molecule has 20 heavy (non-hydrogen) atoms. The van der Waals surface area contributed by atoms with Gasteiger partial charge in [0.15, 0.2) is 0 Å². The van der Waals surface area contributed by atoms with Crippen LogP contribution in [0.15, 0.2) is 6.20 Å². The molecule has 2 N–H and O–H groups in total. The van der Waals surface area contributed by atoms with E-state index in [1.54, 1.807) is 7.05 Å². The number of carbonyl (C=O) groups excluding carboxylic acids is 1. The van der Waals surface area contributed by atoms with Crippen LogP contribution in [0.5, 0.6) is 0 Å². The summed E-state index contributed by atoms with van der Waals surface area (Å²) in [5.74, 6) is 0.126. The van der Waals surface area contributed by atoms with Crippen LogP contribution in [-0.2, 0) is 4.79 Å². The number of amides is 1. The van der Waals surface area contributed by atoms with Crippen molar-refractivity contribution in [3.05, 3.63) is 16.3 Å². The molecule has 1 amide bonds. The Morgan fingerprint density at radius 2 is 2.15 bits per heavy atom. The summed E-state index contributed by atoms with van der Waals surface area (Å²) >= 11 is 0. The number of aromatic nitrogens is 2. The maximum absolute atomic E-state index is 11.7. The normalized spacial score (nSPS) is 9.95. The molecular formula is C11H18N6O3. The molecule has 1 aromatic rings. The van der Waals surface area contributed by atoms with Gasteiger partial charge in [0.25, 0.3) is 0 Å². The van der Waals surface area contributed by atoms with Gasteiger partial charge in [-0.25, -0.2) is 4.98 Å². The number of rotatable bonds is 7. The smallest absolute Gasteiger partial charge is 0.329 e. The molecule has 0 aliphatic rings. The van der Waals surface area contributed by atoms with Crippen LogP contribution in [0.25, 0.3) is 0 Å². The average Bonchev–Trinajstić information content (AvgIpc) is 2.44. The Morgan fingerprint density at radius 1 is 1.45 bits per heavy atom. The zero-order chi connectivity index (χ0) is 15.1. The third-order valence-corrected chi connectivity index (χ3v) is 2.61. The molecule has 1 aromatic heterocycles. The van der Waals surface area contributed by atoms with Gasteiger partial charge in [0, 0.05) is 20.1 Å². The van der Waals surface area contributed by atoms with E-state index >= 15 is 0 Å². The lowest BCUT2D eigenvalue weighted by Crippen LogP contribution is -2.32. The van der Waals surface area contributed by atoms with E-state index in [4.69, 9.17) is 0 Å². The Labute approximate surface area is 116 Å². The molecule has 0 radical (unpaired) electrons. The van der Waals surface area contributed by atoms with E-state index in [-0.39, 0.29) is 29.9 Å². The second kappa shape index (κ2) is 7.22. The topological polar surface area (TPSA) is 113 Å². The van der Waals surface area contributed by atoms with Crippen LogP contribution in [0.4, 0.5) is 17.5 Å². The summed E-state index contributed by atoms with van der Waals surface area (Å²) in [6.07, 6.45) is 1.11. The van der Waals surface area contributed by atoms with Gasteiger partial charge in [-0.15, -0.1) is 0 Å². The second-order valence-corrected chi connectivity index (χ2v) is 3.98. The fourth-order valence-corrected chi connectivity index (χ4v) is 1.35. The predicted octanol–water partition coefficient (Wildman–Crippen LogP) is 0.707. The quantitative estimate of drug-likeness (QED) is 0.559. The zero-order valence-electron chi connectivity index (χ0n) is 11.7. The van der Waals surface area contributed by atoms with Crippen LogP contribution in [0.1, 0.15) is 13.8 Å². The van der Waals surface area contributed by atoms with Gasteiger partial charge in [0.05, 0.1) is 11.5 Å². The first-order chi connectivity index (χ1) is 9.49. The van der Waals surface area contributed by atoms with Crippen molar-refractivity contribution in [3.8, 4) is 0 Å². The summed E-state index contributed by atoms with van der Waals surface area (Å²) in [4.78, 5) is 31.3. The molecule has 0 saturated heterocycles. The van der Waals surface area contributed by atoms with Gasteiger partial charge >= 0.3 is 5.69 Å². The Balaban J connectivity index is 2.87. The van der Waals surface area contributed by atoms with Crippen molar-refractivity contribution < 1.29 is 9.72 Å². The van der Waals surface area contributed by atoms with Gasteiger partial charge in [-0.1, -0.05) is 0 Å². The van der Waals surface area contributed by atoms with Gasteiger partial charge in [0.1, 0.15) is 6.20 Å². The number of anilines is 2. The summed E-state index contributed by atoms with van der Waals surface area (Å²) in [6.45, 7) is 4.80. The molecule has 0 aliphatic carbocycles. The summed E-state index contributed by atoms with van der Waals surface area (Å²) < 4.78 is 0.